The summed E-state index contributed by atoms with van der Waals surface area (Å²) < 4.78 is 1.64. The fourth-order valence-electron chi connectivity index (χ4n) is 1.96. The molecule has 0 saturated heterocycles. The Morgan fingerprint density at radius 1 is 1.35 bits per heavy atom. The van der Waals surface area contributed by atoms with Gasteiger partial charge in [0.1, 0.15) is 0 Å². The lowest BCUT2D eigenvalue weighted by Crippen LogP contribution is -2.34. The minimum Gasteiger partial charge on any atom is -0.478 e. The minimum atomic E-state index is -1.06. The minimum absolute atomic E-state index is 0.00692. The number of carbonyl (C=O) groups is 2. The number of carboxylic acid groups (broad SMARTS) is 1. The number of hydrogen-bond donors (Lipinski definition) is 3. The summed E-state index contributed by atoms with van der Waals surface area (Å²) in [6.07, 6.45) is 1.54. The maximum atomic E-state index is 11.7. The second-order valence-electron chi connectivity index (χ2n) is 4.81. The fourth-order valence-corrected chi connectivity index (χ4v) is 1.96. The Balaban J connectivity index is 2.41. The van der Waals surface area contributed by atoms with Crippen LogP contribution in [0.15, 0.2) is 18.5 Å². The zero-order valence-electron chi connectivity index (χ0n) is 11.5. The van der Waals surface area contributed by atoms with Crippen LogP contribution < -0.4 is 10.6 Å². The molecular weight excluding hydrogens is 260 g/mol. The standard InChI is InChI=1S/C13H16N4O3/c1-7(2)15-13(20)16-8-4-9(12(18)19)11-10(5-8)14-6-17(11)3/h4-7H,1-3H3,(H,18,19)(H2,15,16,20). The molecule has 0 aliphatic rings. The molecule has 7 heteroatoms. The van der Waals surface area contributed by atoms with E-state index in [2.05, 4.69) is 15.6 Å². The van der Waals surface area contributed by atoms with Gasteiger partial charge >= 0.3 is 12.0 Å². The van der Waals surface area contributed by atoms with Gasteiger partial charge in [0.25, 0.3) is 0 Å². The van der Waals surface area contributed by atoms with Crippen molar-refractivity contribution in [3.05, 3.63) is 24.0 Å². The topological polar surface area (TPSA) is 96.2 Å². The van der Waals surface area contributed by atoms with Crippen LogP contribution in [0.3, 0.4) is 0 Å². The van der Waals surface area contributed by atoms with Crippen LogP contribution in [0, 0.1) is 0 Å². The van der Waals surface area contributed by atoms with E-state index in [-0.39, 0.29) is 17.6 Å². The molecule has 3 N–H and O–H groups in total. The highest BCUT2D eigenvalue weighted by molar-refractivity contribution is 6.04. The van der Waals surface area contributed by atoms with Gasteiger partial charge in [0.15, 0.2) is 0 Å². The summed E-state index contributed by atoms with van der Waals surface area (Å²) in [5.74, 6) is -1.06. The first-order valence-electron chi connectivity index (χ1n) is 6.14. The predicted octanol–water partition coefficient (Wildman–Crippen LogP) is 1.80. The number of carbonyl (C=O) groups excluding carboxylic acids is 1. The SMILES string of the molecule is CC(C)NC(=O)Nc1cc(C(=O)O)c2c(c1)ncn2C. The highest BCUT2D eigenvalue weighted by atomic mass is 16.4. The molecule has 2 aromatic rings. The average Bonchev–Trinajstić information content (AvgIpc) is 2.69. The van der Waals surface area contributed by atoms with Crippen LogP contribution in [-0.4, -0.2) is 32.7 Å². The Hall–Kier alpha value is -2.57. The summed E-state index contributed by atoms with van der Waals surface area (Å²) in [6, 6.07) is 2.67. The molecule has 1 heterocycles. The van der Waals surface area contributed by atoms with Crippen LogP contribution in [0.2, 0.25) is 0 Å². The highest BCUT2D eigenvalue weighted by Gasteiger charge is 2.15. The van der Waals surface area contributed by atoms with E-state index in [1.807, 2.05) is 13.8 Å². The van der Waals surface area contributed by atoms with Crippen molar-refractivity contribution in [1.82, 2.24) is 14.9 Å². The van der Waals surface area contributed by atoms with Crippen LogP contribution >= 0.6 is 0 Å². The van der Waals surface area contributed by atoms with Gasteiger partial charge in [0, 0.05) is 18.8 Å². The summed E-state index contributed by atoms with van der Waals surface area (Å²) in [6.45, 7) is 3.68. The van der Waals surface area contributed by atoms with E-state index >= 15 is 0 Å². The lowest BCUT2D eigenvalue weighted by atomic mass is 10.1. The van der Waals surface area contributed by atoms with E-state index in [1.54, 1.807) is 17.7 Å². The third kappa shape index (κ3) is 2.71. The molecule has 7 nitrogen and oxygen atoms in total. The van der Waals surface area contributed by atoms with Gasteiger partial charge in [-0.2, -0.15) is 0 Å². The maximum absolute atomic E-state index is 11.7. The summed E-state index contributed by atoms with van der Waals surface area (Å²) in [5, 5.41) is 14.5. The van der Waals surface area contributed by atoms with Crippen LogP contribution in [0.5, 0.6) is 0 Å². The zero-order valence-corrected chi connectivity index (χ0v) is 11.5. The third-order valence-electron chi connectivity index (χ3n) is 2.72. The Labute approximate surface area is 115 Å². The average molecular weight is 276 g/mol. The largest absolute Gasteiger partial charge is 0.478 e. The first kappa shape index (κ1) is 13.9. The smallest absolute Gasteiger partial charge is 0.337 e. The van der Waals surface area contributed by atoms with Crippen molar-refractivity contribution in [2.75, 3.05) is 5.32 Å². The number of aryl methyl sites for hydroxylation is 1. The van der Waals surface area contributed by atoms with Crippen molar-refractivity contribution in [1.29, 1.82) is 0 Å². The van der Waals surface area contributed by atoms with Gasteiger partial charge in [0.2, 0.25) is 0 Å². The molecule has 106 valence electrons. The van der Waals surface area contributed by atoms with Crippen molar-refractivity contribution >= 4 is 28.7 Å². The summed E-state index contributed by atoms with van der Waals surface area (Å²) in [7, 11) is 1.72. The van der Waals surface area contributed by atoms with Gasteiger partial charge in [-0.3, -0.25) is 0 Å². The number of carboxylic acids is 1. The maximum Gasteiger partial charge on any atom is 0.337 e. The molecule has 0 saturated carbocycles. The third-order valence-corrected chi connectivity index (χ3v) is 2.72. The molecule has 1 aromatic heterocycles. The Bertz CT molecular complexity index is 676. The van der Waals surface area contributed by atoms with Crippen molar-refractivity contribution in [3.63, 3.8) is 0 Å². The second kappa shape index (κ2) is 5.20. The number of rotatable bonds is 3. The number of imidazole rings is 1. The first-order chi connectivity index (χ1) is 9.38. The molecule has 0 radical (unpaired) electrons. The van der Waals surface area contributed by atoms with Crippen molar-refractivity contribution in [3.8, 4) is 0 Å². The van der Waals surface area contributed by atoms with Gasteiger partial charge < -0.3 is 20.3 Å². The summed E-state index contributed by atoms with van der Waals surface area (Å²) in [4.78, 5) is 27.1. The number of hydrogen-bond acceptors (Lipinski definition) is 3. The van der Waals surface area contributed by atoms with Gasteiger partial charge in [0.05, 0.1) is 22.9 Å². The number of aromatic nitrogens is 2. The first-order valence-corrected chi connectivity index (χ1v) is 6.14. The van der Waals surface area contributed by atoms with Crippen LogP contribution in [0.25, 0.3) is 11.0 Å². The molecule has 20 heavy (non-hydrogen) atoms. The molecule has 1 aromatic carbocycles. The van der Waals surface area contributed by atoms with E-state index in [0.29, 0.717) is 16.7 Å². The molecule has 0 atom stereocenters. The molecular formula is C13H16N4O3. The molecule has 2 rings (SSSR count). The Morgan fingerprint density at radius 3 is 2.65 bits per heavy atom. The molecule has 0 spiro atoms. The molecule has 2 amide bonds. The van der Waals surface area contributed by atoms with Gasteiger partial charge in [-0.15, -0.1) is 0 Å². The number of nitrogens with one attached hydrogen (secondary N) is 2. The van der Waals surface area contributed by atoms with Crippen molar-refractivity contribution < 1.29 is 14.7 Å². The molecule has 0 fully saturated rings. The molecule has 0 unspecified atom stereocenters. The summed E-state index contributed by atoms with van der Waals surface area (Å²) >= 11 is 0. The number of benzene rings is 1. The molecule has 0 aliphatic heterocycles. The quantitative estimate of drug-likeness (QED) is 0.796. The number of anilines is 1. The lowest BCUT2D eigenvalue weighted by molar-refractivity contribution is 0.0698. The summed E-state index contributed by atoms with van der Waals surface area (Å²) in [5.41, 5.74) is 1.54. The van der Waals surface area contributed by atoms with E-state index < -0.39 is 5.97 Å². The van der Waals surface area contributed by atoms with Gasteiger partial charge in [-0.25, -0.2) is 14.6 Å². The van der Waals surface area contributed by atoms with Crippen LogP contribution in [0.4, 0.5) is 10.5 Å². The number of aromatic carboxylic acids is 1. The van der Waals surface area contributed by atoms with Gasteiger partial charge in [-0.05, 0) is 26.0 Å². The fraction of sp³-hybridized carbons (Fsp3) is 0.308. The van der Waals surface area contributed by atoms with E-state index in [0.717, 1.165) is 0 Å². The Morgan fingerprint density at radius 2 is 2.05 bits per heavy atom. The molecule has 0 bridgehead atoms. The normalized spacial score (nSPS) is 10.8. The highest BCUT2D eigenvalue weighted by Crippen LogP contribution is 2.23. The van der Waals surface area contributed by atoms with Crippen molar-refractivity contribution in [2.24, 2.45) is 7.05 Å². The molecule has 0 aliphatic carbocycles. The van der Waals surface area contributed by atoms with Crippen LogP contribution in [-0.2, 0) is 7.05 Å². The Kier molecular flexibility index (Phi) is 3.60. The van der Waals surface area contributed by atoms with Crippen LogP contribution in [0.1, 0.15) is 24.2 Å². The number of fused-ring (bicyclic) bond motifs is 1. The van der Waals surface area contributed by atoms with E-state index in [4.69, 9.17) is 0 Å². The van der Waals surface area contributed by atoms with Crippen molar-refractivity contribution in [2.45, 2.75) is 19.9 Å². The van der Waals surface area contributed by atoms with E-state index in [9.17, 15) is 14.7 Å². The number of amides is 2. The van der Waals surface area contributed by atoms with E-state index in [1.165, 1.54) is 12.4 Å². The second-order valence-corrected chi connectivity index (χ2v) is 4.81. The number of urea groups is 1. The number of nitrogens with zero attached hydrogens (tertiary/aromatic N) is 2. The zero-order chi connectivity index (χ0) is 14.9. The lowest BCUT2D eigenvalue weighted by Gasteiger charge is -2.11. The predicted molar refractivity (Wildman–Crippen MR) is 75.0 cm³/mol. The van der Waals surface area contributed by atoms with Gasteiger partial charge in [-0.1, -0.05) is 0 Å². The monoisotopic (exact) mass is 276 g/mol.